The second kappa shape index (κ2) is 4.68. The van der Waals surface area contributed by atoms with Crippen LogP contribution in [0.25, 0.3) is 0 Å². The van der Waals surface area contributed by atoms with Crippen molar-refractivity contribution in [1.29, 1.82) is 0 Å². The van der Waals surface area contributed by atoms with E-state index in [1.54, 1.807) is 7.05 Å². The number of aliphatic hydroxyl groups excluding tert-OH is 1. The number of halogens is 3. The van der Waals surface area contributed by atoms with Crippen molar-refractivity contribution < 1.29 is 13.9 Å². The fraction of sp³-hybridized carbons (Fsp3) is 0.333. The third-order valence-corrected chi connectivity index (χ3v) is 2.24. The third kappa shape index (κ3) is 2.20. The predicted octanol–water partition coefficient (Wildman–Crippen LogP) is 1.87. The van der Waals surface area contributed by atoms with Gasteiger partial charge in [0.15, 0.2) is 0 Å². The minimum absolute atomic E-state index is 0.0666. The molecule has 0 radical (unpaired) electrons. The standard InChI is InChI=1S/C9H10ClF2NO/c1-13-9(4-14)5-2-8(12)6(10)3-7(5)11/h2-3,9,13-14H,4H2,1H3. The van der Waals surface area contributed by atoms with Crippen molar-refractivity contribution >= 4 is 11.6 Å². The van der Waals surface area contributed by atoms with E-state index >= 15 is 0 Å². The molecule has 0 fully saturated rings. The average molecular weight is 222 g/mol. The van der Waals surface area contributed by atoms with Crippen molar-refractivity contribution in [2.75, 3.05) is 13.7 Å². The maximum Gasteiger partial charge on any atom is 0.142 e. The Morgan fingerprint density at radius 2 is 2.07 bits per heavy atom. The number of hydrogen-bond donors (Lipinski definition) is 2. The van der Waals surface area contributed by atoms with Crippen LogP contribution in [0.5, 0.6) is 0 Å². The van der Waals surface area contributed by atoms with Crippen LogP contribution in [0.3, 0.4) is 0 Å². The zero-order valence-corrected chi connectivity index (χ0v) is 8.28. The fourth-order valence-corrected chi connectivity index (χ4v) is 1.30. The van der Waals surface area contributed by atoms with E-state index < -0.39 is 17.7 Å². The Morgan fingerprint density at radius 3 is 2.57 bits per heavy atom. The van der Waals surface area contributed by atoms with Crippen molar-refractivity contribution in [1.82, 2.24) is 5.32 Å². The van der Waals surface area contributed by atoms with Crippen molar-refractivity contribution in [3.05, 3.63) is 34.4 Å². The molecule has 0 saturated carbocycles. The minimum atomic E-state index is -0.697. The molecule has 1 unspecified atom stereocenters. The zero-order chi connectivity index (χ0) is 10.7. The molecule has 2 nitrogen and oxygen atoms in total. The van der Waals surface area contributed by atoms with Crippen LogP contribution in [0, 0.1) is 11.6 Å². The molecule has 0 spiro atoms. The molecule has 2 N–H and O–H groups in total. The monoisotopic (exact) mass is 221 g/mol. The van der Waals surface area contributed by atoms with Crippen LogP contribution in [0.2, 0.25) is 5.02 Å². The number of aliphatic hydroxyl groups is 1. The number of nitrogens with one attached hydrogen (secondary N) is 1. The van der Waals surface area contributed by atoms with Gasteiger partial charge in [-0.05, 0) is 19.2 Å². The molecule has 0 aliphatic rings. The lowest BCUT2D eigenvalue weighted by atomic mass is 10.1. The SMILES string of the molecule is CNC(CO)c1cc(F)c(Cl)cc1F. The van der Waals surface area contributed by atoms with Gasteiger partial charge < -0.3 is 10.4 Å². The highest BCUT2D eigenvalue weighted by molar-refractivity contribution is 6.30. The van der Waals surface area contributed by atoms with Crippen LogP contribution in [-0.2, 0) is 0 Å². The molecule has 1 aromatic carbocycles. The van der Waals surface area contributed by atoms with Gasteiger partial charge in [-0.15, -0.1) is 0 Å². The summed E-state index contributed by atoms with van der Waals surface area (Å²) in [5, 5.41) is 11.3. The van der Waals surface area contributed by atoms with Gasteiger partial charge in [0, 0.05) is 5.56 Å². The number of hydrogen-bond acceptors (Lipinski definition) is 2. The molecule has 0 aromatic heterocycles. The van der Waals surface area contributed by atoms with E-state index in [2.05, 4.69) is 5.32 Å². The molecule has 0 bridgehead atoms. The van der Waals surface area contributed by atoms with Crippen molar-refractivity contribution in [2.45, 2.75) is 6.04 Å². The van der Waals surface area contributed by atoms with Crippen molar-refractivity contribution in [3.8, 4) is 0 Å². The van der Waals surface area contributed by atoms with Crippen LogP contribution in [0.1, 0.15) is 11.6 Å². The smallest absolute Gasteiger partial charge is 0.142 e. The molecule has 0 aliphatic heterocycles. The highest BCUT2D eigenvalue weighted by Gasteiger charge is 2.15. The van der Waals surface area contributed by atoms with E-state index in [1.807, 2.05) is 0 Å². The largest absolute Gasteiger partial charge is 0.394 e. The molecule has 1 rings (SSSR count). The van der Waals surface area contributed by atoms with Crippen LogP contribution in [0.4, 0.5) is 8.78 Å². The van der Waals surface area contributed by atoms with Gasteiger partial charge in [0.2, 0.25) is 0 Å². The van der Waals surface area contributed by atoms with Gasteiger partial charge in [-0.3, -0.25) is 0 Å². The number of likely N-dealkylation sites (N-methyl/N-ethyl adjacent to an activating group) is 1. The highest BCUT2D eigenvalue weighted by Crippen LogP contribution is 2.23. The minimum Gasteiger partial charge on any atom is -0.394 e. The quantitative estimate of drug-likeness (QED) is 0.764. The molecule has 1 aromatic rings. The summed E-state index contributed by atoms with van der Waals surface area (Å²) in [6.07, 6.45) is 0. The van der Waals surface area contributed by atoms with Gasteiger partial charge in [0.25, 0.3) is 0 Å². The first-order chi connectivity index (χ1) is 6.60. The summed E-state index contributed by atoms with van der Waals surface area (Å²) >= 11 is 5.38. The predicted molar refractivity (Wildman–Crippen MR) is 50.3 cm³/mol. The molecular formula is C9H10ClF2NO. The van der Waals surface area contributed by atoms with E-state index in [4.69, 9.17) is 16.7 Å². The molecule has 1 atom stereocenters. The topological polar surface area (TPSA) is 32.3 Å². The average Bonchev–Trinajstić information content (AvgIpc) is 2.15. The Bertz CT molecular complexity index is 329. The van der Waals surface area contributed by atoms with E-state index in [9.17, 15) is 8.78 Å². The van der Waals surface area contributed by atoms with Crippen LogP contribution >= 0.6 is 11.6 Å². The number of rotatable bonds is 3. The lowest BCUT2D eigenvalue weighted by Gasteiger charge is -2.14. The molecule has 0 amide bonds. The van der Waals surface area contributed by atoms with E-state index in [0.717, 1.165) is 12.1 Å². The first kappa shape index (κ1) is 11.4. The summed E-state index contributed by atoms with van der Waals surface area (Å²) in [6.45, 7) is -0.311. The maximum atomic E-state index is 13.3. The van der Waals surface area contributed by atoms with Gasteiger partial charge in [0.1, 0.15) is 11.6 Å². The Labute approximate surface area is 85.5 Å². The third-order valence-electron chi connectivity index (χ3n) is 1.95. The van der Waals surface area contributed by atoms with Crippen LogP contribution in [-0.4, -0.2) is 18.8 Å². The molecular weight excluding hydrogens is 212 g/mol. The van der Waals surface area contributed by atoms with E-state index in [-0.39, 0.29) is 17.2 Å². The first-order valence-electron chi connectivity index (χ1n) is 4.02. The van der Waals surface area contributed by atoms with Gasteiger partial charge >= 0.3 is 0 Å². The molecule has 14 heavy (non-hydrogen) atoms. The summed E-state index contributed by atoms with van der Waals surface area (Å²) < 4.78 is 26.2. The Hall–Kier alpha value is -0.710. The Kier molecular flexibility index (Phi) is 3.80. The molecule has 5 heteroatoms. The van der Waals surface area contributed by atoms with Crippen LogP contribution < -0.4 is 5.32 Å². The maximum absolute atomic E-state index is 13.3. The molecule has 0 saturated heterocycles. The van der Waals surface area contributed by atoms with Crippen molar-refractivity contribution in [2.24, 2.45) is 0 Å². The van der Waals surface area contributed by atoms with Crippen LogP contribution in [0.15, 0.2) is 12.1 Å². The zero-order valence-electron chi connectivity index (χ0n) is 7.52. The lowest BCUT2D eigenvalue weighted by molar-refractivity contribution is 0.247. The summed E-state index contributed by atoms with van der Waals surface area (Å²) in [6, 6.07) is 1.25. The van der Waals surface area contributed by atoms with Crippen molar-refractivity contribution in [3.63, 3.8) is 0 Å². The lowest BCUT2D eigenvalue weighted by Crippen LogP contribution is -2.21. The second-order valence-corrected chi connectivity index (χ2v) is 3.22. The van der Waals surface area contributed by atoms with Gasteiger partial charge in [-0.2, -0.15) is 0 Å². The summed E-state index contributed by atoms with van der Waals surface area (Å²) in [5.74, 6) is -1.33. The first-order valence-corrected chi connectivity index (χ1v) is 4.40. The fourth-order valence-electron chi connectivity index (χ4n) is 1.15. The summed E-state index contributed by atoms with van der Waals surface area (Å²) in [4.78, 5) is 0. The summed E-state index contributed by atoms with van der Waals surface area (Å²) in [7, 11) is 1.55. The van der Waals surface area contributed by atoms with Gasteiger partial charge in [-0.1, -0.05) is 11.6 Å². The highest BCUT2D eigenvalue weighted by atomic mass is 35.5. The van der Waals surface area contributed by atoms with Gasteiger partial charge in [-0.25, -0.2) is 8.78 Å². The number of benzene rings is 1. The second-order valence-electron chi connectivity index (χ2n) is 2.81. The Balaban J connectivity index is 3.14. The molecule has 0 heterocycles. The van der Waals surface area contributed by atoms with E-state index in [1.165, 1.54) is 0 Å². The molecule has 0 aliphatic carbocycles. The Morgan fingerprint density at radius 1 is 1.43 bits per heavy atom. The van der Waals surface area contributed by atoms with Gasteiger partial charge in [0.05, 0.1) is 17.7 Å². The molecule has 78 valence electrons. The normalized spacial score (nSPS) is 12.9. The van der Waals surface area contributed by atoms with E-state index in [0.29, 0.717) is 0 Å². The summed E-state index contributed by atoms with van der Waals surface area (Å²) in [5.41, 5.74) is 0.0666.